The van der Waals surface area contributed by atoms with Crippen molar-refractivity contribution in [2.24, 2.45) is 17.6 Å². The van der Waals surface area contributed by atoms with Crippen LogP contribution in [0, 0.1) is 11.8 Å². The molecule has 0 heterocycles. The van der Waals surface area contributed by atoms with Crippen LogP contribution in [-0.2, 0) is 22.6 Å². The van der Waals surface area contributed by atoms with E-state index in [4.69, 9.17) is 5.73 Å². The highest BCUT2D eigenvalue weighted by Crippen LogP contribution is 2.52. The summed E-state index contributed by atoms with van der Waals surface area (Å²) in [7, 11) is 3.64. The number of carbonyl (C=O) groups is 3. The predicted octanol–water partition coefficient (Wildman–Crippen LogP) is 2.26. The van der Waals surface area contributed by atoms with Crippen molar-refractivity contribution in [3.05, 3.63) is 75.8 Å². The fraction of sp³-hybridized carbons (Fsp3) is 0.321. The molecule has 3 aliphatic rings. The molecule has 2 aromatic rings. The van der Waals surface area contributed by atoms with Crippen LogP contribution in [0.2, 0.25) is 0 Å². The summed E-state index contributed by atoms with van der Waals surface area (Å²) < 4.78 is 0. The summed E-state index contributed by atoms with van der Waals surface area (Å²) in [6.45, 7) is 0.211. The van der Waals surface area contributed by atoms with Crippen LogP contribution in [0.3, 0.4) is 0 Å². The topological polar surface area (TPSA) is 173 Å². The first-order valence-electron chi connectivity index (χ1n) is 12.3. The Morgan fingerprint density at radius 3 is 2.45 bits per heavy atom. The summed E-state index contributed by atoms with van der Waals surface area (Å²) in [6, 6.07) is 11.2. The second-order valence-corrected chi connectivity index (χ2v) is 10.3. The van der Waals surface area contributed by atoms with Crippen molar-refractivity contribution < 1.29 is 34.8 Å². The average molecular weight is 520 g/mol. The van der Waals surface area contributed by atoms with E-state index in [1.165, 1.54) is 0 Å². The number of rotatable bonds is 5. The van der Waals surface area contributed by atoms with Gasteiger partial charge in [0.2, 0.25) is 5.78 Å². The Morgan fingerprint density at radius 2 is 1.82 bits per heavy atom. The van der Waals surface area contributed by atoms with Crippen LogP contribution in [0.4, 0.5) is 11.4 Å². The number of aliphatic hydroxyl groups is 3. The molecule has 0 saturated carbocycles. The summed E-state index contributed by atoms with van der Waals surface area (Å²) in [4.78, 5) is 40.7. The largest absolute Gasteiger partial charge is 0.511 e. The van der Waals surface area contributed by atoms with Crippen LogP contribution in [0.5, 0.6) is 5.75 Å². The van der Waals surface area contributed by atoms with E-state index in [1.54, 1.807) is 0 Å². The maximum atomic E-state index is 13.9. The second kappa shape index (κ2) is 8.91. The number of aromatic hydroxyl groups is 1. The maximum absolute atomic E-state index is 13.9. The van der Waals surface area contributed by atoms with Crippen LogP contribution in [0.15, 0.2) is 59.1 Å². The average Bonchev–Trinajstić information content (AvgIpc) is 2.86. The summed E-state index contributed by atoms with van der Waals surface area (Å²) >= 11 is 0. The van der Waals surface area contributed by atoms with E-state index in [1.807, 2.05) is 55.4 Å². The molecule has 0 aliphatic heterocycles. The van der Waals surface area contributed by atoms with Gasteiger partial charge in [0.05, 0.1) is 5.56 Å². The van der Waals surface area contributed by atoms with Gasteiger partial charge in [-0.05, 0) is 42.5 Å². The van der Waals surface area contributed by atoms with Crippen LogP contribution in [-0.4, -0.2) is 57.6 Å². The molecule has 198 valence electrons. The molecule has 0 unspecified atom stereocenters. The molecule has 0 radical (unpaired) electrons. The van der Waals surface area contributed by atoms with Crippen LogP contribution < -0.4 is 16.0 Å². The number of para-hydroxylation sites is 1. The molecule has 0 fully saturated rings. The fourth-order valence-electron chi connectivity index (χ4n) is 6.01. The highest BCUT2D eigenvalue weighted by molar-refractivity contribution is 6.24. The lowest BCUT2D eigenvalue weighted by Gasteiger charge is -2.46. The van der Waals surface area contributed by atoms with Gasteiger partial charge in [0.1, 0.15) is 22.8 Å². The van der Waals surface area contributed by atoms with Crippen LogP contribution in [0.1, 0.15) is 34.3 Å². The number of nitrogens with one attached hydrogen (secondary N) is 1. The number of allylic oxidation sites excluding steroid dienone is 2. The van der Waals surface area contributed by atoms with E-state index in [9.17, 15) is 34.8 Å². The summed E-state index contributed by atoms with van der Waals surface area (Å²) in [5.41, 5.74) is 4.28. The number of benzene rings is 2. The van der Waals surface area contributed by atoms with Crippen molar-refractivity contribution in [3.8, 4) is 5.75 Å². The van der Waals surface area contributed by atoms with Crippen molar-refractivity contribution in [3.63, 3.8) is 0 Å². The first-order valence-corrected chi connectivity index (χ1v) is 12.3. The third kappa shape index (κ3) is 3.63. The van der Waals surface area contributed by atoms with E-state index in [-0.39, 0.29) is 42.7 Å². The molecular formula is C28H29N3O7. The SMILES string of the molecule is CN(C)c1cc(CNc2ccccc2)c(O)c2c1C[C@H]1C[C@H]3CC(O)=C(C(N)=O)C(=O)[C@@]3(O)C(O)=C1C2=O. The van der Waals surface area contributed by atoms with E-state index >= 15 is 0 Å². The number of hydrogen-bond donors (Lipinski definition) is 6. The number of carbonyl (C=O) groups excluding carboxylic acids is 3. The molecule has 5 rings (SSSR count). The van der Waals surface area contributed by atoms with Gasteiger partial charge in [-0.15, -0.1) is 0 Å². The molecule has 10 heteroatoms. The van der Waals surface area contributed by atoms with Crippen molar-refractivity contribution in [1.82, 2.24) is 0 Å². The molecule has 38 heavy (non-hydrogen) atoms. The lowest BCUT2D eigenvalue weighted by molar-refractivity contribution is -0.144. The number of amides is 1. The molecule has 2 aromatic carbocycles. The fourth-order valence-corrected chi connectivity index (χ4v) is 6.01. The Balaban J connectivity index is 1.62. The number of primary amides is 1. The maximum Gasteiger partial charge on any atom is 0.255 e. The summed E-state index contributed by atoms with van der Waals surface area (Å²) in [5.74, 6) is -6.37. The lowest BCUT2D eigenvalue weighted by Crippen LogP contribution is -2.57. The quantitative estimate of drug-likeness (QED) is 0.324. The number of nitrogens with zero attached hydrogens (tertiary/aromatic N) is 1. The van der Waals surface area contributed by atoms with E-state index < -0.39 is 52.0 Å². The van der Waals surface area contributed by atoms with Gasteiger partial charge in [-0.2, -0.15) is 0 Å². The van der Waals surface area contributed by atoms with Crippen molar-refractivity contribution >= 4 is 28.8 Å². The zero-order valence-corrected chi connectivity index (χ0v) is 21.0. The lowest BCUT2D eigenvalue weighted by atomic mass is 9.60. The van der Waals surface area contributed by atoms with Gasteiger partial charge < -0.3 is 36.4 Å². The number of aliphatic hydroxyl groups excluding tert-OH is 2. The molecule has 7 N–H and O–H groups in total. The first-order chi connectivity index (χ1) is 18.0. The highest BCUT2D eigenvalue weighted by atomic mass is 16.3. The van der Waals surface area contributed by atoms with Crippen molar-refractivity contribution in [2.45, 2.75) is 31.4 Å². The monoisotopic (exact) mass is 519 g/mol. The number of phenolic OH excluding ortho intramolecular Hbond substituents is 1. The van der Waals surface area contributed by atoms with Crippen molar-refractivity contribution in [1.29, 1.82) is 0 Å². The van der Waals surface area contributed by atoms with Gasteiger partial charge in [-0.3, -0.25) is 14.4 Å². The number of nitrogens with two attached hydrogens (primary N) is 1. The van der Waals surface area contributed by atoms with Gasteiger partial charge in [-0.25, -0.2) is 0 Å². The molecule has 0 bridgehead atoms. The molecular weight excluding hydrogens is 490 g/mol. The second-order valence-electron chi connectivity index (χ2n) is 10.3. The van der Waals surface area contributed by atoms with E-state index in [0.29, 0.717) is 16.8 Å². The van der Waals surface area contributed by atoms with Crippen LogP contribution >= 0.6 is 0 Å². The Labute approximate surface area is 218 Å². The third-order valence-corrected chi connectivity index (χ3v) is 7.86. The highest BCUT2D eigenvalue weighted by Gasteiger charge is 2.59. The summed E-state index contributed by atoms with van der Waals surface area (Å²) in [6.07, 6.45) is 0.0843. The van der Waals surface area contributed by atoms with Gasteiger partial charge in [0.25, 0.3) is 5.91 Å². The number of anilines is 2. The molecule has 10 nitrogen and oxygen atoms in total. The minimum atomic E-state index is -2.58. The molecule has 3 aliphatic carbocycles. The van der Waals surface area contributed by atoms with E-state index in [0.717, 1.165) is 5.69 Å². The van der Waals surface area contributed by atoms with Gasteiger partial charge in [0, 0.05) is 55.5 Å². The summed E-state index contributed by atoms with van der Waals surface area (Å²) in [5, 5.41) is 47.4. The van der Waals surface area contributed by atoms with Crippen LogP contribution in [0.25, 0.3) is 0 Å². The minimum Gasteiger partial charge on any atom is -0.511 e. The number of phenols is 1. The Kier molecular flexibility index (Phi) is 5.94. The number of ketones is 2. The predicted molar refractivity (Wildman–Crippen MR) is 139 cm³/mol. The van der Waals surface area contributed by atoms with Gasteiger partial charge in [0.15, 0.2) is 11.4 Å². The van der Waals surface area contributed by atoms with Gasteiger partial charge >= 0.3 is 0 Å². The Hall–Kier alpha value is -4.31. The number of hydrogen-bond acceptors (Lipinski definition) is 9. The molecule has 3 atom stereocenters. The number of fused-ring (bicyclic) bond motifs is 3. The standard InChI is InChI=1S/C28H29N3O7/c1-31(2)18-10-14(12-30-16-6-4-3-5-7-16)23(33)21-17(18)9-13-8-15-11-19(32)22(27(29)37)26(36)28(15,38)25(35)20(13)24(21)34/h3-7,10,13,15,30,32-33,35,38H,8-9,11-12H2,1-2H3,(H2,29,37)/t13-,15+,28+/m1/s1. The molecule has 0 aromatic heterocycles. The molecule has 0 saturated heterocycles. The first kappa shape index (κ1) is 25.3. The van der Waals surface area contributed by atoms with Crippen molar-refractivity contribution in [2.75, 3.05) is 24.3 Å². The smallest absolute Gasteiger partial charge is 0.255 e. The number of Topliss-reactive ketones (excluding diaryl/α,β-unsaturated/α-hetero) is 2. The Bertz CT molecular complexity index is 1440. The normalized spacial score (nSPS) is 24.5. The Morgan fingerprint density at radius 1 is 1.13 bits per heavy atom. The zero-order valence-electron chi connectivity index (χ0n) is 21.0. The van der Waals surface area contributed by atoms with Gasteiger partial charge in [-0.1, -0.05) is 18.2 Å². The molecule has 1 amide bonds. The molecule has 0 spiro atoms. The third-order valence-electron chi connectivity index (χ3n) is 7.86. The zero-order chi connectivity index (χ0) is 27.5. The van der Waals surface area contributed by atoms with E-state index in [2.05, 4.69) is 5.32 Å². The minimum absolute atomic E-state index is 0.00214.